The van der Waals surface area contributed by atoms with Crippen molar-refractivity contribution >= 4 is 21.5 Å². The number of aromatic nitrogens is 1. The van der Waals surface area contributed by atoms with E-state index in [0.29, 0.717) is 17.3 Å². The number of sulfonamides is 1. The summed E-state index contributed by atoms with van der Waals surface area (Å²) in [5.41, 5.74) is 1.33. The van der Waals surface area contributed by atoms with Gasteiger partial charge in [-0.15, -0.1) is 0 Å². The zero-order chi connectivity index (χ0) is 15.5. The van der Waals surface area contributed by atoms with E-state index in [4.69, 9.17) is 4.74 Å². The predicted molar refractivity (Wildman–Crippen MR) is 82.3 cm³/mol. The Morgan fingerprint density at radius 3 is 2.48 bits per heavy atom. The van der Waals surface area contributed by atoms with Crippen molar-refractivity contribution in [1.29, 1.82) is 0 Å². The number of nitrogens with one attached hydrogen (secondary N) is 2. The Morgan fingerprint density at radius 1 is 1.19 bits per heavy atom. The highest BCUT2D eigenvalue weighted by molar-refractivity contribution is 7.92. The molecular formula is C14H17N3O3S. The number of anilines is 2. The van der Waals surface area contributed by atoms with Crippen molar-refractivity contribution in [2.45, 2.75) is 11.8 Å². The topological polar surface area (TPSA) is 80.3 Å². The van der Waals surface area contributed by atoms with E-state index in [2.05, 4.69) is 15.0 Å². The van der Waals surface area contributed by atoms with Crippen LogP contribution >= 0.6 is 0 Å². The first-order chi connectivity index (χ1) is 9.96. The number of aryl methyl sites for hydroxylation is 1. The van der Waals surface area contributed by atoms with Crippen molar-refractivity contribution in [3.05, 3.63) is 42.1 Å². The van der Waals surface area contributed by atoms with E-state index in [0.717, 1.165) is 5.56 Å². The van der Waals surface area contributed by atoms with Gasteiger partial charge in [0.15, 0.2) is 0 Å². The molecule has 0 bridgehead atoms. The molecular weight excluding hydrogens is 290 g/mol. The Labute approximate surface area is 124 Å². The summed E-state index contributed by atoms with van der Waals surface area (Å²) < 4.78 is 32.2. The minimum absolute atomic E-state index is 0.106. The average molecular weight is 307 g/mol. The van der Waals surface area contributed by atoms with Gasteiger partial charge in [-0.1, -0.05) is 0 Å². The molecule has 0 unspecified atom stereocenters. The normalized spacial score (nSPS) is 11.0. The van der Waals surface area contributed by atoms with Gasteiger partial charge in [0, 0.05) is 18.9 Å². The van der Waals surface area contributed by atoms with Gasteiger partial charge < -0.3 is 10.1 Å². The standard InChI is InChI=1S/C14H17N3O3S/c1-10-8-11(4-6-13(10)20-3)17-21(18,19)12-5-7-14(15-2)16-9-12/h4-9,17H,1-3H3,(H,15,16). The number of pyridine rings is 1. The van der Waals surface area contributed by atoms with E-state index in [1.54, 1.807) is 38.4 Å². The molecule has 2 aromatic rings. The molecule has 1 aromatic carbocycles. The fourth-order valence-corrected chi connectivity index (χ4v) is 2.84. The van der Waals surface area contributed by atoms with Gasteiger partial charge in [-0.25, -0.2) is 13.4 Å². The molecule has 0 aliphatic rings. The zero-order valence-electron chi connectivity index (χ0n) is 12.0. The van der Waals surface area contributed by atoms with E-state index >= 15 is 0 Å². The second-order valence-electron chi connectivity index (χ2n) is 4.42. The number of ether oxygens (including phenoxy) is 1. The van der Waals surface area contributed by atoms with Crippen molar-refractivity contribution in [2.75, 3.05) is 24.2 Å². The van der Waals surface area contributed by atoms with E-state index < -0.39 is 10.0 Å². The van der Waals surface area contributed by atoms with Gasteiger partial charge in [0.1, 0.15) is 16.5 Å². The van der Waals surface area contributed by atoms with Gasteiger partial charge in [-0.3, -0.25) is 4.72 Å². The third kappa shape index (κ3) is 3.43. The number of nitrogens with zero attached hydrogens (tertiary/aromatic N) is 1. The van der Waals surface area contributed by atoms with Crippen LogP contribution in [0.15, 0.2) is 41.4 Å². The van der Waals surface area contributed by atoms with Crippen LogP contribution in [-0.2, 0) is 10.0 Å². The molecule has 0 spiro atoms. The largest absolute Gasteiger partial charge is 0.496 e. The fourth-order valence-electron chi connectivity index (χ4n) is 1.84. The van der Waals surface area contributed by atoms with Crippen molar-refractivity contribution in [3.63, 3.8) is 0 Å². The molecule has 0 aliphatic carbocycles. The number of rotatable bonds is 5. The van der Waals surface area contributed by atoms with Gasteiger partial charge in [-0.2, -0.15) is 0 Å². The lowest BCUT2D eigenvalue weighted by molar-refractivity contribution is 0.412. The smallest absolute Gasteiger partial charge is 0.263 e. The highest BCUT2D eigenvalue weighted by Crippen LogP contribution is 2.23. The second kappa shape index (κ2) is 6.01. The molecule has 1 aromatic heterocycles. The third-order valence-corrected chi connectivity index (χ3v) is 4.32. The first-order valence-corrected chi connectivity index (χ1v) is 7.76. The van der Waals surface area contributed by atoms with Crippen LogP contribution in [0.1, 0.15) is 5.56 Å². The summed E-state index contributed by atoms with van der Waals surface area (Å²) in [7, 11) is -0.368. The van der Waals surface area contributed by atoms with Gasteiger partial charge in [-0.05, 0) is 42.8 Å². The molecule has 21 heavy (non-hydrogen) atoms. The summed E-state index contributed by atoms with van der Waals surface area (Å²) in [6.45, 7) is 1.85. The summed E-state index contributed by atoms with van der Waals surface area (Å²) in [4.78, 5) is 4.11. The van der Waals surface area contributed by atoms with Gasteiger partial charge >= 0.3 is 0 Å². The molecule has 0 amide bonds. The van der Waals surface area contributed by atoms with Gasteiger partial charge in [0.2, 0.25) is 0 Å². The molecule has 2 N–H and O–H groups in total. The number of methoxy groups -OCH3 is 1. The Hall–Kier alpha value is -2.28. The highest BCUT2D eigenvalue weighted by atomic mass is 32.2. The number of hydrogen-bond donors (Lipinski definition) is 2. The lowest BCUT2D eigenvalue weighted by Gasteiger charge is -2.10. The SMILES string of the molecule is CNc1ccc(S(=O)(=O)Nc2ccc(OC)c(C)c2)cn1. The Balaban J connectivity index is 2.26. The van der Waals surface area contributed by atoms with Crippen LogP contribution in [0, 0.1) is 6.92 Å². The Morgan fingerprint density at radius 2 is 1.95 bits per heavy atom. The first kappa shape index (κ1) is 15.1. The molecule has 112 valence electrons. The molecule has 0 aliphatic heterocycles. The van der Waals surface area contributed by atoms with Crippen LogP contribution < -0.4 is 14.8 Å². The van der Waals surface area contributed by atoms with Crippen LogP contribution in [-0.4, -0.2) is 27.6 Å². The summed E-state index contributed by atoms with van der Waals surface area (Å²) in [6, 6.07) is 8.19. The number of hydrogen-bond acceptors (Lipinski definition) is 5. The lowest BCUT2D eigenvalue weighted by Crippen LogP contribution is -2.13. The third-order valence-electron chi connectivity index (χ3n) is 2.95. The molecule has 0 fully saturated rings. The molecule has 0 atom stereocenters. The van der Waals surface area contributed by atoms with E-state index in [9.17, 15) is 8.42 Å². The second-order valence-corrected chi connectivity index (χ2v) is 6.10. The zero-order valence-corrected chi connectivity index (χ0v) is 12.9. The van der Waals surface area contributed by atoms with Crippen LogP contribution in [0.25, 0.3) is 0 Å². The minimum Gasteiger partial charge on any atom is -0.496 e. The minimum atomic E-state index is -3.66. The molecule has 6 nitrogen and oxygen atoms in total. The van der Waals surface area contributed by atoms with Crippen molar-refractivity contribution in [3.8, 4) is 5.75 Å². The monoisotopic (exact) mass is 307 g/mol. The molecule has 2 rings (SSSR count). The summed E-state index contributed by atoms with van der Waals surface area (Å²) in [6.07, 6.45) is 1.31. The van der Waals surface area contributed by atoms with Crippen molar-refractivity contribution in [1.82, 2.24) is 4.98 Å². The highest BCUT2D eigenvalue weighted by Gasteiger charge is 2.15. The maximum absolute atomic E-state index is 12.3. The summed E-state index contributed by atoms with van der Waals surface area (Å²) in [5, 5.41) is 2.84. The Kier molecular flexibility index (Phi) is 4.32. The van der Waals surface area contributed by atoms with E-state index in [-0.39, 0.29) is 4.90 Å². The maximum atomic E-state index is 12.3. The lowest BCUT2D eigenvalue weighted by atomic mass is 10.2. The summed E-state index contributed by atoms with van der Waals surface area (Å²) in [5.74, 6) is 1.31. The average Bonchev–Trinajstić information content (AvgIpc) is 2.47. The molecule has 0 saturated heterocycles. The molecule has 7 heteroatoms. The quantitative estimate of drug-likeness (QED) is 0.885. The number of benzene rings is 1. The molecule has 0 radical (unpaired) electrons. The fraction of sp³-hybridized carbons (Fsp3) is 0.214. The van der Waals surface area contributed by atoms with Crippen LogP contribution in [0.2, 0.25) is 0 Å². The van der Waals surface area contributed by atoms with Gasteiger partial charge in [0.25, 0.3) is 10.0 Å². The van der Waals surface area contributed by atoms with E-state index in [1.807, 2.05) is 6.92 Å². The summed E-state index contributed by atoms with van der Waals surface area (Å²) >= 11 is 0. The van der Waals surface area contributed by atoms with Gasteiger partial charge in [0.05, 0.1) is 7.11 Å². The van der Waals surface area contributed by atoms with Crippen molar-refractivity contribution in [2.24, 2.45) is 0 Å². The molecule has 0 saturated carbocycles. The van der Waals surface area contributed by atoms with Crippen LogP contribution in [0.4, 0.5) is 11.5 Å². The van der Waals surface area contributed by atoms with Crippen LogP contribution in [0.5, 0.6) is 5.75 Å². The maximum Gasteiger partial charge on any atom is 0.263 e. The molecule has 1 heterocycles. The Bertz CT molecular complexity index is 728. The first-order valence-electron chi connectivity index (χ1n) is 6.27. The predicted octanol–water partition coefficient (Wildman–Crippen LogP) is 2.24. The van der Waals surface area contributed by atoms with E-state index in [1.165, 1.54) is 12.3 Å². The van der Waals surface area contributed by atoms with Crippen LogP contribution in [0.3, 0.4) is 0 Å². The van der Waals surface area contributed by atoms with Crippen molar-refractivity contribution < 1.29 is 13.2 Å².